The van der Waals surface area contributed by atoms with Crippen molar-refractivity contribution in [1.82, 2.24) is 4.57 Å². The van der Waals surface area contributed by atoms with Gasteiger partial charge in [-0.2, -0.15) is 0 Å². The van der Waals surface area contributed by atoms with Gasteiger partial charge in [0.15, 0.2) is 0 Å². The second-order valence-corrected chi connectivity index (χ2v) is 2.47. The first-order valence-electron chi connectivity index (χ1n) is 3.70. The molecule has 62 valence electrons. The molecule has 0 aliphatic rings. The van der Waals surface area contributed by atoms with Crippen molar-refractivity contribution >= 4 is 0 Å². The summed E-state index contributed by atoms with van der Waals surface area (Å²) in [6.45, 7) is 1.40. The lowest BCUT2D eigenvalue weighted by Gasteiger charge is -2.12. The molecule has 0 amide bonds. The smallest absolute Gasteiger partial charge is 0.0871 e. The summed E-state index contributed by atoms with van der Waals surface area (Å²) in [5.74, 6) is 0. The van der Waals surface area contributed by atoms with Crippen LogP contribution in [0.1, 0.15) is 0 Å². The molecule has 0 fully saturated rings. The number of nitrogens with two attached hydrogens (primary N) is 1. The molecule has 1 rings (SSSR count). The quantitative estimate of drug-likeness (QED) is 0.684. The van der Waals surface area contributed by atoms with Crippen LogP contribution in [-0.4, -0.2) is 24.3 Å². The van der Waals surface area contributed by atoms with Gasteiger partial charge < -0.3 is 15.0 Å². The fourth-order valence-electron chi connectivity index (χ4n) is 0.972. The zero-order valence-electron chi connectivity index (χ0n) is 6.73. The average Bonchev–Trinajstić information content (AvgIpc) is 2.52. The minimum atomic E-state index is 0.127. The Morgan fingerprint density at radius 1 is 1.45 bits per heavy atom. The average molecular weight is 154 g/mol. The molecule has 0 aliphatic heterocycles. The van der Waals surface area contributed by atoms with Crippen LogP contribution in [0, 0.1) is 0 Å². The van der Waals surface area contributed by atoms with E-state index in [0.717, 1.165) is 6.54 Å². The molecule has 0 saturated carbocycles. The summed E-state index contributed by atoms with van der Waals surface area (Å²) in [6, 6.07) is 3.98. The van der Waals surface area contributed by atoms with Crippen LogP contribution in [0.3, 0.4) is 0 Å². The Morgan fingerprint density at radius 3 is 2.55 bits per heavy atom. The van der Waals surface area contributed by atoms with E-state index >= 15 is 0 Å². The second-order valence-electron chi connectivity index (χ2n) is 2.47. The van der Waals surface area contributed by atoms with Crippen molar-refractivity contribution in [2.24, 2.45) is 5.73 Å². The van der Waals surface area contributed by atoms with Crippen molar-refractivity contribution in [3.05, 3.63) is 24.5 Å². The van der Waals surface area contributed by atoms with Crippen LogP contribution in [0.4, 0.5) is 0 Å². The minimum Gasteiger partial charge on any atom is -0.378 e. The van der Waals surface area contributed by atoms with E-state index in [4.69, 9.17) is 10.5 Å². The first kappa shape index (κ1) is 8.30. The van der Waals surface area contributed by atoms with Gasteiger partial charge in [0.1, 0.15) is 0 Å². The maximum Gasteiger partial charge on any atom is 0.0871 e. The van der Waals surface area contributed by atoms with Crippen LogP contribution < -0.4 is 5.73 Å². The maximum atomic E-state index is 5.46. The Labute approximate surface area is 66.8 Å². The van der Waals surface area contributed by atoms with Gasteiger partial charge in [-0.25, -0.2) is 0 Å². The largest absolute Gasteiger partial charge is 0.378 e. The van der Waals surface area contributed by atoms with E-state index in [2.05, 4.69) is 4.57 Å². The molecule has 1 aromatic rings. The Morgan fingerprint density at radius 2 is 2.09 bits per heavy atom. The molecule has 11 heavy (non-hydrogen) atoms. The predicted octanol–water partition coefficient (Wildman–Crippen LogP) is 0.462. The second kappa shape index (κ2) is 4.16. The molecule has 3 nitrogen and oxygen atoms in total. The number of nitrogens with zero attached hydrogens (tertiary/aromatic N) is 1. The summed E-state index contributed by atoms with van der Waals surface area (Å²) in [4.78, 5) is 0. The Bertz CT molecular complexity index is 180. The molecule has 0 bridgehead atoms. The molecule has 0 aromatic carbocycles. The van der Waals surface area contributed by atoms with Crippen LogP contribution >= 0.6 is 0 Å². The lowest BCUT2D eigenvalue weighted by Crippen LogP contribution is -2.26. The van der Waals surface area contributed by atoms with Gasteiger partial charge in [0.2, 0.25) is 0 Å². The fraction of sp³-hybridized carbons (Fsp3) is 0.500. The van der Waals surface area contributed by atoms with Gasteiger partial charge in [0, 0.05) is 32.6 Å². The van der Waals surface area contributed by atoms with Crippen molar-refractivity contribution < 1.29 is 4.74 Å². The summed E-state index contributed by atoms with van der Waals surface area (Å²) < 4.78 is 7.18. The molecule has 2 N–H and O–H groups in total. The SMILES string of the molecule is COC(CN)Cn1cccc1. The highest BCUT2D eigenvalue weighted by Crippen LogP contribution is 1.95. The minimum absolute atomic E-state index is 0.127. The van der Waals surface area contributed by atoms with E-state index in [1.54, 1.807) is 7.11 Å². The van der Waals surface area contributed by atoms with Crippen LogP contribution in [0.2, 0.25) is 0 Å². The molecule has 0 radical (unpaired) electrons. The Kier molecular flexibility index (Phi) is 3.14. The maximum absolute atomic E-state index is 5.46. The lowest BCUT2D eigenvalue weighted by atomic mass is 10.3. The molecule has 1 atom stereocenters. The summed E-state index contributed by atoms with van der Waals surface area (Å²) in [6.07, 6.45) is 4.13. The third-order valence-corrected chi connectivity index (χ3v) is 1.68. The van der Waals surface area contributed by atoms with E-state index < -0.39 is 0 Å². The Balaban J connectivity index is 2.41. The third-order valence-electron chi connectivity index (χ3n) is 1.68. The number of rotatable bonds is 4. The van der Waals surface area contributed by atoms with Crippen molar-refractivity contribution in [2.45, 2.75) is 12.6 Å². The molecule has 3 heteroatoms. The van der Waals surface area contributed by atoms with Gasteiger partial charge in [-0.1, -0.05) is 0 Å². The van der Waals surface area contributed by atoms with Crippen molar-refractivity contribution in [3.63, 3.8) is 0 Å². The summed E-state index contributed by atoms with van der Waals surface area (Å²) in [5.41, 5.74) is 5.46. The number of hydrogen-bond donors (Lipinski definition) is 1. The van der Waals surface area contributed by atoms with Gasteiger partial charge in [-0.15, -0.1) is 0 Å². The van der Waals surface area contributed by atoms with E-state index in [1.165, 1.54) is 0 Å². The van der Waals surface area contributed by atoms with Crippen LogP contribution in [0.15, 0.2) is 24.5 Å². The molecule has 0 aliphatic carbocycles. The molecule has 1 aromatic heterocycles. The number of aromatic nitrogens is 1. The first-order chi connectivity index (χ1) is 5.36. The lowest BCUT2D eigenvalue weighted by molar-refractivity contribution is 0.0947. The summed E-state index contributed by atoms with van der Waals surface area (Å²) in [5, 5.41) is 0. The normalized spacial score (nSPS) is 13.3. The monoisotopic (exact) mass is 154 g/mol. The molecule has 1 unspecified atom stereocenters. The van der Waals surface area contributed by atoms with Crippen LogP contribution in [0.25, 0.3) is 0 Å². The number of methoxy groups -OCH3 is 1. The zero-order chi connectivity index (χ0) is 8.10. The highest BCUT2D eigenvalue weighted by Gasteiger charge is 2.03. The zero-order valence-corrected chi connectivity index (χ0v) is 6.73. The highest BCUT2D eigenvalue weighted by atomic mass is 16.5. The van der Waals surface area contributed by atoms with Gasteiger partial charge in [-0.3, -0.25) is 0 Å². The van der Waals surface area contributed by atoms with Crippen molar-refractivity contribution in [2.75, 3.05) is 13.7 Å². The van der Waals surface area contributed by atoms with E-state index in [-0.39, 0.29) is 6.10 Å². The molecule has 0 spiro atoms. The van der Waals surface area contributed by atoms with Gasteiger partial charge in [0.05, 0.1) is 6.10 Å². The van der Waals surface area contributed by atoms with Crippen LogP contribution in [0.5, 0.6) is 0 Å². The molecular weight excluding hydrogens is 140 g/mol. The molecule has 1 heterocycles. The van der Waals surface area contributed by atoms with E-state index in [1.807, 2.05) is 24.5 Å². The fourth-order valence-corrected chi connectivity index (χ4v) is 0.972. The predicted molar refractivity (Wildman–Crippen MR) is 44.3 cm³/mol. The standard InChI is InChI=1S/C8H14N2O/c1-11-8(6-9)7-10-4-2-3-5-10/h2-5,8H,6-7,9H2,1H3. The molecule has 0 saturated heterocycles. The van der Waals surface area contributed by atoms with Gasteiger partial charge >= 0.3 is 0 Å². The number of hydrogen-bond acceptors (Lipinski definition) is 2. The van der Waals surface area contributed by atoms with Gasteiger partial charge in [0.25, 0.3) is 0 Å². The van der Waals surface area contributed by atoms with E-state index in [0.29, 0.717) is 6.54 Å². The van der Waals surface area contributed by atoms with Crippen molar-refractivity contribution in [3.8, 4) is 0 Å². The van der Waals surface area contributed by atoms with E-state index in [9.17, 15) is 0 Å². The summed E-state index contributed by atoms with van der Waals surface area (Å²) in [7, 11) is 1.68. The first-order valence-corrected chi connectivity index (χ1v) is 3.70. The van der Waals surface area contributed by atoms with Crippen molar-refractivity contribution in [1.29, 1.82) is 0 Å². The van der Waals surface area contributed by atoms with Crippen LogP contribution in [-0.2, 0) is 11.3 Å². The summed E-state index contributed by atoms with van der Waals surface area (Å²) >= 11 is 0. The highest BCUT2D eigenvalue weighted by molar-refractivity contribution is 4.90. The Hall–Kier alpha value is -0.800. The number of ether oxygens (including phenoxy) is 1. The van der Waals surface area contributed by atoms with Gasteiger partial charge in [-0.05, 0) is 12.1 Å². The molecular formula is C8H14N2O. The topological polar surface area (TPSA) is 40.2 Å². The third kappa shape index (κ3) is 2.37.